The van der Waals surface area contributed by atoms with Gasteiger partial charge in [-0.3, -0.25) is 19.4 Å². The van der Waals surface area contributed by atoms with Crippen LogP contribution in [-0.4, -0.2) is 41.4 Å². The van der Waals surface area contributed by atoms with Crippen LogP contribution in [0.5, 0.6) is 0 Å². The molecule has 2 aliphatic rings. The van der Waals surface area contributed by atoms with Gasteiger partial charge >= 0.3 is 6.03 Å². The summed E-state index contributed by atoms with van der Waals surface area (Å²) in [6.45, 7) is 3.45. The van der Waals surface area contributed by atoms with Gasteiger partial charge in [0.15, 0.2) is 0 Å². The molecule has 4 amide bonds. The average Bonchev–Trinajstić information content (AvgIpc) is 2.80. The first-order valence-electron chi connectivity index (χ1n) is 8.98. The van der Waals surface area contributed by atoms with Crippen LogP contribution in [0.2, 0.25) is 0 Å². The molecule has 1 aromatic carbocycles. The summed E-state index contributed by atoms with van der Waals surface area (Å²) in [5.74, 6) is -0.587. The molecule has 1 aromatic rings. The molecule has 1 aliphatic heterocycles. The molecule has 2 fully saturated rings. The topological polar surface area (TPSA) is 69.7 Å². The summed E-state index contributed by atoms with van der Waals surface area (Å²) in [6, 6.07) is 6.58. The Bertz CT molecular complexity index is 665. The molecule has 0 bridgehead atoms. The highest BCUT2D eigenvalue weighted by Crippen LogP contribution is 2.26. The van der Waals surface area contributed by atoms with E-state index in [1.54, 1.807) is 6.92 Å². The zero-order valence-corrected chi connectivity index (χ0v) is 14.8. The SMILES string of the molecule is Cc1ccc(N2C(=O)N(CC(=O)NC3CCCCC3)C(=O)[C@@H]2C)cc1. The van der Waals surface area contributed by atoms with Gasteiger partial charge in [-0.1, -0.05) is 37.0 Å². The van der Waals surface area contributed by atoms with Gasteiger partial charge in [0.25, 0.3) is 5.91 Å². The normalized spacial score (nSPS) is 21.8. The third kappa shape index (κ3) is 3.67. The Hall–Kier alpha value is -2.37. The molecular formula is C19H25N3O3. The molecule has 1 saturated heterocycles. The summed E-state index contributed by atoms with van der Waals surface area (Å²) in [6.07, 6.45) is 5.38. The van der Waals surface area contributed by atoms with Crippen LogP contribution >= 0.6 is 0 Å². The van der Waals surface area contributed by atoms with Gasteiger partial charge in [-0.15, -0.1) is 0 Å². The summed E-state index contributed by atoms with van der Waals surface area (Å²) >= 11 is 0. The molecule has 0 aromatic heterocycles. The third-order valence-electron chi connectivity index (χ3n) is 5.03. The number of nitrogens with one attached hydrogen (secondary N) is 1. The summed E-state index contributed by atoms with van der Waals surface area (Å²) in [5, 5.41) is 2.96. The number of imide groups is 1. The minimum atomic E-state index is -0.599. The van der Waals surface area contributed by atoms with E-state index in [1.807, 2.05) is 31.2 Å². The minimum Gasteiger partial charge on any atom is -0.352 e. The highest BCUT2D eigenvalue weighted by Gasteiger charge is 2.44. The van der Waals surface area contributed by atoms with Crippen LogP contribution in [0.4, 0.5) is 10.5 Å². The Morgan fingerprint density at radius 1 is 1.12 bits per heavy atom. The van der Waals surface area contributed by atoms with E-state index in [2.05, 4.69) is 5.32 Å². The fraction of sp³-hybridized carbons (Fsp3) is 0.526. The zero-order valence-electron chi connectivity index (χ0n) is 14.8. The molecule has 1 atom stereocenters. The summed E-state index contributed by atoms with van der Waals surface area (Å²) in [5.41, 5.74) is 1.75. The van der Waals surface area contributed by atoms with Crippen molar-refractivity contribution in [1.29, 1.82) is 0 Å². The Balaban J connectivity index is 1.67. The highest BCUT2D eigenvalue weighted by atomic mass is 16.2. The monoisotopic (exact) mass is 343 g/mol. The van der Waals surface area contributed by atoms with Crippen molar-refractivity contribution in [1.82, 2.24) is 10.2 Å². The number of hydrogen-bond acceptors (Lipinski definition) is 3. The molecule has 6 heteroatoms. The predicted octanol–water partition coefficient (Wildman–Crippen LogP) is 2.60. The molecule has 1 saturated carbocycles. The van der Waals surface area contributed by atoms with E-state index in [4.69, 9.17) is 0 Å². The summed E-state index contributed by atoms with van der Waals surface area (Å²) < 4.78 is 0. The molecular weight excluding hydrogens is 318 g/mol. The van der Waals surface area contributed by atoms with Gasteiger partial charge in [0.05, 0.1) is 0 Å². The number of hydrogen-bond donors (Lipinski definition) is 1. The van der Waals surface area contributed by atoms with Crippen molar-refractivity contribution < 1.29 is 14.4 Å². The first-order valence-corrected chi connectivity index (χ1v) is 8.98. The Morgan fingerprint density at radius 3 is 2.40 bits per heavy atom. The Kier molecular flexibility index (Phi) is 5.06. The first-order chi connectivity index (χ1) is 12.0. The van der Waals surface area contributed by atoms with E-state index in [1.165, 1.54) is 11.3 Å². The molecule has 0 radical (unpaired) electrons. The van der Waals surface area contributed by atoms with Crippen molar-refractivity contribution in [2.24, 2.45) is 0 Å². The number of aryl methyl sites for hydroxylation is 1. The van der Waals surface area contributed by atoms with Crippen molar-refractivity contribution in [3.05, 3.63) is 29.8 Å². The predicted molar refractivity (Wildman–Crippen MR) is 95.2 cm³/mol. The number of anilines is 1. The van der Waals surface area contributed by atoms with Crippen molar-refractivity contribution in [2.45, 2.75) is 58.0 Å². The second kappa shape index (κ2) is 7.25. The number of amides is 4. The highest BCUT2D eigenvalue weighted by molar-refractivity contribution is 6.15. The average molecular weight is 343 g/mol. The number of carbonyl (C=O) groups excluding carboxylic acids is 3. The zero-order chi connectivity index (χ0) is 18.0. The van der Waals surface area contributed by atoms with Crippen molar-refractivity contribution in [3.8, 4) is 0 Å². The van der Waals surface area contributed by atoms with Crippen LogP contribution in [0, 0.1) is 6.92 Å². The Labute approximate surface area is 148 Å². The quantitative estimate of drug-likeness (QED) is 0.854. The molecule has 0 spiro atoms. The van der Waals surface area contributed by atoms with E-state index >= 15 is 0 Å². The van der Waals surface area contributed by atoms with Gasteiger partial charge in [-0.05, 0) is 38.8 Å². The van der Waals surface area contributed by atoms with Crippen LogP contribution in [0.15, 0.2) is 24.3 Å². The fourth-order valence-corrected chi connectivity index (χ4v) is 3.57. The number of carbonyl (C=O) groups is 3. The van der Waals surface area contributed by atoms with Gasteiger partial charge in [-0.2, -0.15) is 0 Å². The first kappa shape index (κ1) is 17.5. The molecule has 6 nitrogen and oxygen atoms in total. The number of benzene rings is 1. The number of urea groups is 1. The summed E-state index contributed by atoms with van der Waals surface area (Å²) in [4.78, 5) is 40.0. The van der Waals surface area contributed by atoms with Crippen molar-refractivity contribution in [2.75, 3.05) is 11.4 Å². The third-order valence-corrected chi connectivity index (χ3v) is 5.03. The van der Waals surface area contributed by atoms with Gasteiger partial charge in [0, 0.05) is 11.7 Å². The Morgan fingerprint density at radius 2 is 1.76 bits per heavy atom. The lowest BCUT2D eigenvalue weighted by Crippen LogP contribution is -2.45. The van der Waals surface area contributed by atoms with Gasteiger partial charge in [0.1, 0.15) is 12.6 Å². The van der Waals surface area contributed by atoms with Crippen molar-refractivity contribution >= 4 is 23.5 Å². The van der Waals surface area contributed by atoms with Gasteiger partial charge < -0.3 is 5.32 Å². The van der Waals surface area contributed by atoms with Crippen LogP contribution in [0.25, 0.3) is 0 Å². The molecule has 0 unspecified atom stereocenters. The van der Waals surface area contributed by atoms with E-state index in [0.717, 1.165) is 36.1 Å². The van der Waals surface area contributed by atoms with Crippen LogP contribution in [-0.2, 0) is 9.59 Å². The molecule has 3 rings (SSSR count). The van der Waals surface area contributed by atoms with E-state index in [-0.39, 0.29) is 24.4 Å². The van der Waals surface area contributed by atoms with Crippen molar-refractivity contribution in [3.63, 3.8) is 0 Å². The van der Waals surface area contributed by atoms with E-state index in [0.29, 0.717) is 5.69 Å². The number of rotatable bonds is 4. The summed E-state index contributed by atoms with van der Waals surface area (Å²) in [7, 11) is 0. The van der Waals surface area contributed by atoms with Gasteiger partial charge in [-0.25, -0.2) is 4.79 Å². The largest absolute Gasteiger partial charge is 0.352 e. The fourth-order valence-electron chi connectivity index (χ4n) is 3.57. The number of nitrogens with zero attached hydrogens (tertiary/aromatic N) is 2. The second-order valence-corrected chi connectivity index (χ2v) is 6.99. The van der Waals surface area contributed by atoms with Crippen LogP contribution in [0.1, 0.15) is 44.6 Å². The molecule has 1 aliphatic carbocycles. The maximum atomic E-state index is 12.7. The van der Waals surface area contributed by atoms with Crippen LogP contribution < -0.4 is 10.2 Å². The molecule has 1 heterocycles. The van der Waals surface area contributed by atoms with Crippen LogP contribution in [0.3, 0.4) is 0 Å². The molecule has 1 N–H and O–H groups in total. The maximum absolute atomic E-state index is 12.7. The van der Waals surface area contributed by atoms with Gasteiger partial charge in [0.2, 0.25) is 5.91 Å². The standard InChI is InChI=1S/C19H25N3O3/c1-13-8-10-16(11-9-13)22-14(2)18(24)21(19(22)25)12-17(23)20-15-6-4-3-5-7-15/h8-11,14-15H,3-7,12H2,1-2H3,(H,20,23)/t14-/m0/s1. The minimum absolute atomic E-state index is 0.166. The second-order valence-electron chi connectivity index (χ2n) is 6.99. The lowest BCUT2D eigenvalue weighted by molar-refractivity contribution is -0.132. The molecule has 134 valence electrons. The lowest BCUT2D eigenvalue weighted by Gasteiger charge is -2.24. The smallest absolute Gasteiger partial charge is 0.332 e. The molecule has 25 heavy (non-hydrogen) atoms. The van der Waals surface area contributed by atoms with E-state index < -0.39 is 12.1 Å². The van der Waals surface area contributed by atoms with E-state index in [9.17, 15) is 14.4 Å². The lowest BCUT2D eigenvalue weighted by atomic mass is 9.95. The maximum Gasteiger partial charge on any atom is 0.332 e.